The van der Waals surface area contributed by atoms with E-state index in [1.54, 1.807) is 33.5 Å². The number of methoxy groups -OCH3 is 1. The molecule has 140 valence electrons. The molecule has 0 aliphatic heterocycles. The Balaban J connectivity index is 1.88. The van der Waals surface area contributed by atoms with Crippen LogP contribution in [-0.2, 0) is 11.2 Å². The molecule has 0 N–H and O–H groups in total. The van der Waals surface area contributed by atoms with Crippen molar-refractivity contribution in [2.24, 2.45) is 0 Å². The van der Waals surface area contributed by atoms with E-state index in [0.717, 1.165) is 22.7 Å². The summed E-state index contributed by atoms with van der Waals surface area (Å²) in [5, 5.41) is 0. The Kier molecular flexibility index (Phi) is 5.49. The van der Waals surface area contributed by atoms with Crippen molar-refractivity contribution < 1.29 is 14.3 Å². The number of esters is 1. The molecule has 7 nitrogen and oxygen atoms in total. The van der Waals surface area contributed by atoms with Crippen molar-refractivity contribution in [1.82, 2.24) is 19.5 Å². The van der Waals surface area contributed by atoms with Gasteiger partial charge < -0.3 is 14.0 Å². The van der Waals surface area contributed by atoms with Crippen molar-refractivity contribution in [2.45, 2.75) is 27.2 Å². The zero-order chi connectivity index (χ0) is 19.4. The third-order valence-corrected chi connectivity index (χ3v) is 4.09. The summed E-state index contributed by atoms with van der Waals surface area (Å²) in [5.41, 5.74) is 3.81. The van der Waals surface area contributed by atoms with Crippen LogP contribution in [0.4, 0.5) is 0 Å². The van der Waals surface area contributed by atoms with E-state index in [9.17, 15) is 4.79 Å². The Morgan fingerprint density at radius 2 is 2.04 bits per heavy atom. The van der Waals surface area contributed by atoms with Crippen LogP contribution in [0.15, 0.2) is 36.9 Å². The molecule has 2 heterocycles. The molecule has 0 amide bonds. The van der Waals surface area contributed by atoms with E-state index < -0.39 is 5.97 Å². The summed E-state index contributed by atoms with van der Waals surface area (Å²) in [6, 6.07) is 5.90. The maximum absolute atomic E-state index is 12.0. The molecule has 2 aromatic heterocycles. The van der Waals surface area contributed by atoms with Crippen LogP contribution >= 0.6 is 0 Å². The summed E-state index contributed by atoms with van der Waals surface area (Å²) < 4.78 is 12.5. The summed E-state index contributed by atoms with van der Waals surface area (Å²) in [7, 11) is 1.63. The quantitative estimate of drug-likeness (QED) is 0.624. The van der Waals surface area contributed by atoms with E-state index in [4.69, 9.17) is 9.47 Å². The third-order valence-electron chi connectivity index (χ3n) is 4.09. The van der Waals surface area contributed by atoms with Crippen LogP contribution in [0.1, 0.15) is 40.1 Å². The van der Waals surface area contributed by atoms with Crippen LogP contribution in [0.3, 0.4) is 0 Å². The minimum atomic E-state index is -0.429. The molecule has 7 heteroatoms. The van der Waals surface area contributed by atoms with Gasteiger partial charge in [-0.3, -0.25) is 0 Å². The lowest BCUT2D eigenvalue weighted by Crippen LogP contribution is -2.12. The highest BCUT2D eigenvalue weighted by Gasteiger charge is 2.15. The number of carbonyl (C=O) groups excluding carboxylic acids is 1. The fourth-order valence-corrected chi connectivity index (χ4v) is 2.75. The predicted molar refractivity (Wildman–Crippen MR) is 100 cm³/mol. The molecule has 0 saturated carbocycles. The van der Waals surface area contributed by atoms with Crippen molar-refractivity contribution in [3.63, 3.8) is 0 Å². The van der Waals surface area contributed by atoms with Crippen molar-refractivity contribution >= 4 is 5.97 Å². The van der Waals surface area contributed by atoms with Gasteiger partial charge in [-0.05, 0) is 38.5 Å². The van der Waals surface area contributed by atoms with Gasteiger partial charge in [0.2, 0.25) is 0 Å². The first-order valence-electron chi connectivity index (χ1n) is 8.69. The first kappa shape index (κ1) is 18.6. The van der Waals surface area contributed by atoms with E-state index in [0.29, 0.717) is 30.1 Å². The molecule has 3 rings (SSSR count). The van der Waals surface area contributed by atoms with Crippen molar-refractivity contribution in [3.05, 3.63) is 65.3 Å². The number of aryl methyl sites for hydroxylation is 2. The maximum Gasteiger partial charge on any atom is 0.357 e. The highest BCUT2D eigenvalue weighted by Crippen LogP contribution is 2.25. The average molecular weight is 366 g/mol. The molecular weight excluding hydrogens is 344 g/mol. The zero-order valence-corrected chi connectivity index (χ0v) is 15.9. The Hall–Kier alpha value is -3.22. The van der Waals surface area contributed by atoms with Crippen molar-refractivity contribution in [3.8, 4) is 11.4 Å². The van der Waals surface area contributed by atoms with E-state index >= 15 is 0 Å². The van der Waals surface area contributed by atoms with Crippen LogP contribution in [0.25, 0.3) is 5.69 Å². The Morgan fingerprint density at radius 1 is 1.22 bits per heavy atom. The van der Waals surface area contributed by atoms with Crippen LogP contribution in [0.5, 0.6) is 5.75 Å². The lowest BCUT2D eigenvalue weighted by atomic mass is 10.1. The largest absolute Gasteiger partial charge is 0.495 e. The minimum Gasteiger partial charge on any atom is -0.495 e. The summed E-state index contributed by atoms with van der Waals surface area (Å²) in [6.45, 7) is 5.81. The second-order valence-corrected chi connectivity index (χ2v) is 6.14. The second-order valence-electron chi connectivity index (χ2n) is 6.14. The number of hydrogen-bond acceptors (Lipinski definition) is 6. The lowest BCUT2D eigenvalue weighted by molar-refractivity contribution is 0.0518. The summed E-state index contributed by atoms with van der Waals surface area (Å²) >= 11 is 0. The average Bonchev–Trinajstić information content (AvgIpc) is 3.09. The molecule has 27 heavy (non-hydrogen) atoms. The molecule has 0 saturated heterocycles. The normalized spacial score (nSPS) is 10.7. The Labute approximate surface area is 158 Å². The molecule has 0 unspecified atom stereocenters. The molecule has 0 aliphatic rings. The van der Waals surface area contributed by atoms with Gasteiger partial charge in [-0.25, -0.2) is 19.7 Å². The maximum atomic E-state index is 12.0. The van der Waals surface area contributed by atoms with Gasteiger partial charge in [-0.1, -0.05) is 6.07 Å². The number of aromatic nitrogens is 4. The molecule has 0 radical (unpaired) electrons. The highest BCUT2D eigenvalue weighted by molar-refractivity contribution is 5.88. The fourth-order valence-electron chi connectivity index (χ4n) is 2.75. The summed E-state index contributed by atoms with van der Waals surface area (Å²) in [6.07, 6.45) is 5.81. The van der Waals surface area contributed by atoms with Crippen LogP contribution in [0, 0.1) is 13.8 Å². The number of hydrogen-bond donors (Lipinski definition) is 0. The number of nitrogens with zero attached hydrogens (tertiary/aromatic N) is 4. The van der Waals surface area contributed by atoms with Gasteiger partial charge in [0.25, 0.3) is 0 Å². The van der Waals surface area contributed by atoms with Gasteiger partial charge in [0.1, 0.15) is 11.6 Å². The third kappa shape index (κ3) is 4.13. The Morgan fingerprint density at radius 3 is 2.70 bits per heavy atom. The second kappa shape index (κ2) is 7.99. The summed E-state index contributed by atoms with van der Waals surface area (Å²) in [5.74, 6) is 0.849. The van der Waals surface area contributed by atoms with Crippen LogP contribution in [-0.4, -0.2) is 39.2 Å². The lowest BCUT2D eigenvalue weighted by Gasteiger charge is -2.11. The molecule has 0 atom stereocenters. The first-order chi connectivity index (χ1) is 13.0. The standard InChI is InChI=1S/C20H22N4O3/c1-5-27-20(25)19-13(2)10-21-18(23-19)9-15-6-7-16(17(8-15)26-4)24-11-14(3)22-12-24/h6-8,10-12H,5,9H2,1-4H3. The predicted octanol–water partition coefficient (Wildman–Crippen LogP) is 3.06. The molecule has 1 aromatic carbocycles. The minimum absolute atomic E-state index is 0.305. The van der Waals surface area contributed by atoms with E-state index in [1.807, 2.05) is 35.9 Å². The van der Waals surface area contributed by atoms with Crippen molar-refractivity contribution in [1.29, 1.82) is 0 Å². The smallest absolute Gasteiger partial charge is 0.357 e. The summed E-state index contributed by atoms with van der Waals surface area (Å²) in [4.78, 5) is 25.0. The van der Waals surface area contributed by atoms with E-state index in [-0.39, 0.29) is 0 Å². The topological polar surface area (TPSA) is 79.1 Å². The van der Waals surface area contributed by atoms with E-state index in [1.165, 1.54) is 0 Å². The van der Waals surface area contributed by atoms with Crippen LogP contribution < -0.4 is 4.74 Å². The number of ether oxygens (including phenoxy) is 2. The van der Waals surface area contributed by atoms with E-state index in [2.05, 4.69) is 15.0 Å². The van der Waals surface area contributed by atoms with Crippen LogP contribution in [0.2, 0.25) is 0 Å². The molecule has 0 bridgehead atoms. The van der Waals surface area contributed by atoms with Gasteiger partial charge >= 0.3 is 5.97 Å². The van der Waals surface area contributed by atoms with Gasteiger partial charge in [-0.2, -0.15) is 0 Å². The monoisotopic (exact) mass is 366 g/mol. The number of rotatable bonds is 6. The Bertz CT molecular complexity index is 966. The first-order valence-corrected chi connectivity index (χ1v) is 8.69. The van der Waals surface area contributed by atoms with Gasteiger partial charge in [0.05, 0.1) is 31.4 Å². The zero-order valence-electron chi connectivity index (χ0n) is 15.9. The van der Waals surface area contributed by atoms with Crippen molar-refractivity contribution in [2.75, 3.05) is 13.7 Å². The number of benzene rings is 1. The molecule has 0 aliphatic carbocycles. The van der Waals surface area contributed by atoms with Gasteiger partial charge in [-0.15, -0.1) is 0 Å². The fraction of sp³-hybridized carbons (Fsp3) is 0.300. The molecule has 3 aromatic rings. The van der Waals surface area contributed by atoms with Gasteiger partial charge in [0.15, 0.2) is 5.69 Å². The molecule has 0 fully saturated rings. The molecule has 0 spiro atoms. The molecular formula is C20H22N4O3. The highest BCUT2D eigenvalue weighted by atomic mass is 16.5. The SMILES string of the molecule is CCOC(=O)c1nc(Cc2ccc(-n3cnc(C)c3)c(OC)c2)ncc1C. The number of carbonyl (C=O) groups is 1. The number of imidazole rings is 1. The van der Waals surface area contributed by atoms with Gasteiger partial charge in [0, 0.05) is 24.4 Å².